The Bertz CT molecular complexity index is 579. The molecule has 2 atom stereocenters. The molecule has 1 aliphatic rings. The van der Waals surface area contributed by atoms with Gasteiger partial charge in [-0.15, -0.1) is 0 Å². The lowest BCUT2D eigenvalue weighted by molar-refractivity contribution is -0.145. The van der Waals surface area contributed by atoms with E-state index in [0.29, 0.717) is 28.8 Å². The van der Waals surface area contributed by atoms with Gasteiger partial charge >= 0.3 is 5.97 Å². The fraction of sp³-hybridized carbons (Fsp3) is 0.500. The molecule has 0 radical (unpaired) electrons. The lowest BCUT2D eigenvalue weighted by Gasteiger charge is -2.28. The fourth-order valence-corrected chi connectivity index (χ4v) is 3.27. The molecule has 0 unspecified atom stereocenters. The van der Waals surface area contributed by atoms with Gasteiger partial charge in [-0.1, -0.05) is 36.0 Å². The molecule has 0 spiro atoms. The summed E-state index contributed by atoms with van der Waals surface area (Å²) in [5.41, 5.74) is 0. The number of ether oxygens (including phenoxy) is 1. The highest BCUT2D eigenvalue weighted by molar-refractivity contribution is 6.35. The number of benzene rings is 1. The fourth-order valence-electron chi connectivity index (χ4n) is 2.81. The van der Waals surface area contributed by atoms with Gasteiger partial charge in [0, 0.05) is 11.6 Å². The topological polar surface area (TPSA) is 75.6 Å². The van der Waals surface area contributed by atoms with Crippen molar-refractivity contribution in [3.05, 3.63) is 28.2 Å². The average molecular weight is 360 g/mol. The van der Waals surface area contributed by atoms with Gasteiger partial charge in [0.25, 0.3) is 5.91 Å². The molecule has 2 N–H and O–H groups in total. The lowest BCUT2D eigenvalue weighted by atomic mass is 9.79. The van der Waals surface area contributed by atoms with Crippen LogP contribution in [0.3, 0.4) is 0 Å². The molecule has 0 aromatic heterocycles. The number of hydrogen-bond donors (Lipinski definition) is 2. The number of carbonyl (C=O) groups excluding carboxylic acids is 1. The van der Waals surface area contributed by atoms with Crippen LogP contribution in [-0.4, -0.2) is 30.1 Å². The zero-order chi connectivity index (χ0) is 16.8. The maximum Gasteiger partial charge on any atom is 0.306 e. The van der Waals surface area contributed by atoms with Crippen LogP contribution in [0.25, 0.3) is 0 Å². The van der Waals surface area contributed by atoms with Gasteiger partial charge in [0.15, 0.2) is 6.61 Å². The van der Waals surface area contributed by atoms with E-state index in [2.05, 4.69) is 5.32 Å². The average Bonchev–Trinajstić information content (AvgIpc) is 2.52. The van der Waals surface area contributed by atoms with Crippen LogP contribution >= 0.6 is 23.2 Å². The molecule has 1 amide bonds. The molecule has 1 aromatic carbocycles. The summed E-state index contributed by atoms with van der Waals surface area (Å²) in [7, 11) is 0. The summed E-state index contributed by atoms with van der Waals surface area (Å²) >= 11 is 11.7. The minimum absolute atomic E-state index is 0.0238. The summed E-state index contributed by atoms with van der Waals surface area (Å²) in [4.78, 5) is 23.1. The normalized spacial score (nSPS) is 20.8. The van der Waals surface area contributed by atoms with Gasteiger partial charge in [-0.05, 0) is 37.0 Å². The Morgan fingerprint density at radius 1 is 1.26 bits per heavy atom. The predicted molar refractivity (Wildman–Crippen MR) is 88.1 cm³/mol. The van der Waals surface area contributed by atoms with Gasteiger partial charge in [0.1, 0.15) is 5.75 Å². The lowest BCUT2D eigenvalue weighted by Crippen LogP contribution is -2.38. The molecule has 1 aromatic rings. The SMILES string of the molecule is O=C(COc1ccc(Cl)cc1Cl)NC[C@@H]1CCCC[C@@H]1C(=O)O. The summed E-state index contributed by atoms with van der Waals surface area (Å²) < 4.78 is 5.35. The molecule has 0 aliphatic heterocycles. The van der Waals surface area contributed by atoms with Crippen LogP contribution in [0.2, 0.25) is 10.0 Å². The Balaban J connectivity index is 1.79. The van der Waals surface area contributed by atoms with Crippen molar-refractivity contribution in [1.82, 2.24) is 5.32 Å². The number of rotatable bonds is 6. The Kier molecular flexibility index (Phi) is 6.54. The first kappa shape index (κ1) is 17.9. The Morgan fingerprint density at radius 2 is 2.00 bits per heavy atom. The number of hydrogen-bond acceptors (Lipinski definition) is 3. The van der Waals surface area contributed by atoms with E-state index < -0.39 is 5.97 Å². The van der Waals surface area contributed by atoms with Crippen LogP contribution in [-0.2, 0) is 9.59 Å². The van der Waals surface area contributed by atoms with E-state index in [4.69, 9.17) is 27.9 Å². The highest BCUT2D eigenvalue weighted by Crippen LogP contribution is 2.30. The Labute approximate surface area is 144 Å². The number of aliphatic carboxylic acids is 1. The number of halogens is 2. The Morgan fingerprint density at radius 3 is 2.70 bits per heavy atom. The second-order valence-electron chi connectivity index (χ2n) is 5.66. The van der Waals surface area contributed by atoms with Gasteiger partial charge < -0.3 is 15.2 Å². The zero-order valence-corrected chi connectivity index (χ0v) is 14.1. The van der Waals surface area contributed by atoms with Gasteiger partial charge in [-0.25, -0.2) is 0 Å². The second kappa shape index (κ2) is 8.41. The van der Waals surface area contributed by atoms with Crippen LogP contribution in [0.1, 0.15) is 25.7 Å². The Hall–Kier alpha value is -1.46. The predicted octanol–water partition coefficient (Wildman–Crippen LogP) is 3.38. The summed E-state index contributed by atoms with van der Waals surface area (Å²) in [6.45, 7) is 0.180. The van der Waals surface area contributed by atoms with Gasteiger partial charge in [0.2, 0.25) is 0 Å². The first-order valence-corrected chi connectivity index (χ1v) is 8.30. The van der Waals surface area contributed by atoms with Crippen molar-refractivity contribution in [3.8, 4) is 5.75 Å². The first-order chi connectivity index (χ1) is 11.0. The van der Waals surface area contributed by atoms with Crippen LogP contribution in [0, 0.1) is 11.8 Å². The van der Waals surface area contributed by atoms with E-state index in [1.807, 2.05) is 0 Å². The van der Waals surface area contributed by atoms with E-state index in [1.54, 1.807) is 12.1 Å². The molecule has 1 fully saturated rings. The molecule has 7 heteroatoms. The standard InChI is InChI=1S/C16H19Cl2NO4/c17-11-5-6-14(13(18)7-11)23-9-15(20)19-8-10-3-1-2-4-12(10)16(21)22/h5-7,10,12H,1-4,8-9H2,(H,19,20)(H,21,22)/t10-,12-/m0/s1. The van der Waals surface area contributed by atoms with Gasteiger partial charge in [-0.2, -0.15) is 0 Å². The minimum atomic E-state index is -0.784. The molecule has 126 valence electrons. The third-order valence-corrected chi connectivity index (χ3v) is 4.57. The van der Waals surface area contributed by atoms with E-state index in [-0.39, 0.29) is 24.3 Å². The van der Waals surface area contributed by atoms with Crippen molar-refractivity contribution in [3.63, 3.8) is 0 Å². The molecule has 0 heterocycles. The van der Waals surface area contributed by atoms with E-state index in [0.717, 1.165) is 19.3 Å². The molecular weight excluding hydrogens is 341 g/mol. The quantitative estimate of drug-likeness (QED) is 0.816. The van der Waals surface area contributed by atoms with E-state index >= 15 is 0 Å². The monoisotopic (exact) mass is 359 g/mol. The number of amides is 1. The number of carboxylic acid groups (broad SMARTS) is 1. The molecule has 5 nitrogen and oxygen atoms in total. The van der Waals surface area contributed by atoms with E-state index in [9.17, 15) is 14.7 Å². The molecule has 0 saturated heterocycles. The van der Waals surface area contributed by atoms with Gasteiger partial charge in [-0.3, -0.25) is 9.59 Å². The number of carbonyl (C=O) groups is 2. The van der Waals surface area contributed by atoms with Crippen LogP contribution < -0.4 is 10.1 Å². The smallest absolute Gasteiger partial charge is 0.306 e. The summed E-state index contributed by atoms with van der Waals surface area (Å²) in [5.74, 6) is -1.11. The van der Waals surface area contributed by atoms with Crippen molar-refractivity contribution in [2.45, 2.75) is 25.7 Å². The van der Waals surface area contributed by atoms with Crippen molar-refractivity contribution in [2.75, 3.05) is 13.2 Å². The maximum absolute atomic E-state index is 11.9. The molecule has 0 bridgehead atoms. The number of carboxylic acids is 1. The second-order valence-corrected chi connectivity index (χ2v) is 6.50. The minimum Gasteiger partial charge on any atom is -0.482 e. The first-order valence-electron chi connectivity index (χ1n) is 7.54. The van der Waals surface area contributed by atoms with Crippen LogP contribution in [0.5, 0.6) is 5.75 Å². The molecule has 2 rings (SSSR count). The summed E-state index contributed by atoms with van der Waals surface area (Å²) in [5, 5.41) is 12.8. The van der Waals surface area contributed by atoms with Crippen LogP contribution in [0.4, 0.5) is 0 Å². The van der Waals surface area contributed by atoms with Crippen molar-refractivity contribution in [1.29, 1.82) is 0 Å². The third kappa shape index (κ3) is 5.29. The maximum atomic E-state index is 11.9. The highest BCUT2D eigenvalue weighted by Gasteiger charge is 2.30. The molecular formula is C16H19Cl2NO4. The largest absolute Gasteiger partial charge is 0.482 e. The zero-order valence-electron chi connectivity index (χ0n) is 12.6. The molecule has 1 saturated carbocycles. The number of nitrogens with one attached hydrogen (secondary N) is 1. The van der Waals surface area contributed by atoms with Gasteiger partial charge in [0.05, 0.1) is 10.9 Å². The van der Waals surface area contributed by atoms with Crippen LogP contribution in [0.15, 0.2) is 18.2 Å². The van der Waals surface area contributed by atoms with Crippen molar-refractivity contribution >= 4 is 35.1 Å². The van der Waals surface area contributed by atoms with Crippen molar-refractivity contribution in [2.24, 2.45) is 11.8 Å². The third-order valence-electron chi connectivity index (χ3n) is 4.04. The van der Waals surface area contributed by atoms with E-state index in [1.165, 1.54) is 6.07 Å². The highest BCUT2D eigenvalue weighted by atomic mass is 35.5. The molecule has 23 heavy (non-hydrogen) atoms. The summed E-state index contributed by atoms with van der Waals surface area (Å²) in [6.07, 6.45) is 3.43. The summed E-state index contributed by atoms with van der Waals surface area (Å²) in [6, 6.07) is 4.76. The molecule has 1 aliphatic carbocycles. The van der Waals surface area contributed by atoms with Crippen molar-refractivity contribution < 1.29 is 19.4 Å².